The van der Waals surface area contributed by atoms with Crippen molar-refractivity contribution in [3.8, 4) is 0 Å². The maximum Gasteiger partial charge on any atom is 0.351 e. The van der Waals surface area contributed by atoms with E-state index in [4.69, 9.17) is 15.6 Å². The van der Waals surface area contributed by atoms with Crippen LogP contribution in [0.4, 0.5) is 5.82 Å². The Bertz CT molecular complexity index is 443. The van der Waals surface area contributed by atoms with Crippen molar-refractivity contribution < 1.29 is 9.84 Å². The van der Waals surface area contributed by atoms with Gasteiger partial charge in [-0.2, -0.15) is 4.98 Å². The number of aliphatic hydroxyl groups is 1. The molecule has 1 fully saturated rings. The zero-order chi connectivity index (χ0) is 11.7. The van der Waals surface area contributed by atoms with E-state index in [0.717, 1.165) is 12.0 Å². The van der Waals surface area contributed by atoms with E-state index < -0.39 is 5.69 Å². The summed E-state index contributed by atoms with van der Waals surface area (Å²) in [6, 6.07) is 0. The molecule has 6 heteroatoms. The second-order valence-electron chi connectivity index (χ2n) is 3.97. The second-order valence-corrected chi connectivity index (χ2v) is 3.97. The predicted molar refractivity (Wildman–Crippen MR) is 57.9 cm³/mol. The molecule has 2 heterocycles. The minimum absolute atomic E-state index is 0.0212. The molecule has 0 saturated carbocycles. The monoisotopic (exact) mass is 225 g/mol. The summed E-state index contributed by atoms with van der Waals surface area (Å²) in [6.07, 6.45) is 2.58. The van der Waals surface area contributed by atoms with Gasteiger partial charge in [-0.25, -0.2) is 4.79 Å². The average Bonchev–Trinajstić information content (AvgIpc) is 2.71. The molecule has 0 unspecified atom stereocenters. The molecule has 6 nitrogen and oxygen atoms in total. The lowest BCUT2D eigenvalue weighted by Gasteiger charge is -2.15. The highest BCUT2D eigenvalue weighted by Crippen LogP contribution is 2.26. The van der Waals surface area contributed by atoms with Crippen LogP contribution in [-0.4, -0.2) is 27.4 Å². The quantitative estimate of drug-likeness (QED) is 0.727. The highest BCUT2D eigenvalue weighted by atomic mass is 16.5. The number of nitrogen functional groups attached to an aromatic ring is 1. The van der Waals surface area contributed by atoms with Gasteiger partial charge in [0.25, 0.3) is 0 Å². The Labute approximate surface area is 92.7 Å². The van der Waals surface area contributed by atoms with Crippen molar-refractivity contribution in [1.29, 1.82) is 0 Å². The topological polar surface area (TPSA) is 90.4 Å². The number of hydrogen-bond acceptors (Lipinski definition) is 5. The fourth-order valence-electron chi connectivity index (χ4n) is 1.81. The van der Waals surface area contributed by atoms with Gasteiger partial charge in [-0.05, 0) is 19.8 Å². The fourth-order valence-corrected chi connectivity index (χ4v) is 1.81. The molecule has 0 aliphatic carbocycles. The number of nitrogens with two attached hydrogens (primary N) is 1. The normalized spacial score (nSPS) is 24.9. The Hall–Kier alpha value is -1.40. The lowest BCUT2D eigenvalue weighted by molar-refractivity contribution is -0.0246. The molecular weight excluding hydrogens is 210 g/mol. The molecule has 0 aromatic carbocycles. The number of hydrogen-bond donors (Lipinski definition) is 2. The van der Waals surface area contributed by atoms with Crippen LogP contribution >= 0.6 is 0 Å². The number of aryl methyl sites for hydroxylation is 1. The third-order valence-electron chi connectivity index (χ3n) is 2.77. The van der Waals surface area contributed by atoms with E-state index in [9.17, 15) is 4.79 Å². The van der Waals surface area contributed by atoms with Crippen LogP contribution in [0.2, 0.25) is 0 Å². The molecule has 3 N–H and O–H groups in total. The van der Waals surface area contributed by atoms with Crippen LogP contribution in [0.5, 0.6) is 0 Å². The van der Waals surface area contributed by atoms with Gasteiger partial charge < -0.3 is 15.6 Å². The maximum absolute atomic E-state index is 11.6. The standard InChI is InChI=1S/C10H15N3O3/c1-6-4-13(10(15)12-9(6)11)8-3-2-7(5-14)16-8/h4,7-8,14H,2-3,5H2,1H3,(H2,11,12,15)/t7-,8+/m1/s1. The van der Waals surface area contributed by atoms with Crippen molar-refractivity contribution in [1.82, 2.24) is 9.55 Å². The molecule has 2 rings (SSSR count). The molecule has 16 heavy (non-hydrogen) atoms. The molecule has 1 saturated heterocycles. The summed E-state index contributed by atoms with van der Waals surface area (Å²) in [5, 5.41) is 8.95. The zero-order valence-electron chi connectivity index (χ0n) is 9.09. The van der Waals surface area contributed by atoms with E-state index in [2.05, 4.69) is 4.98 Å². The van der Waals surface area contributed by atoms with Gasteiger partial charge in [0.2, 0.25) is 0 Å². The van der Waals surface area contributed by atoms with Crippen molar-refractivity contribution in [3.63, 3.8) is 0 Å². The summed E-state index contributed by atoms with van der Waals surface area (Å²) in [6.45, 7) is 1.77. The number of ether oxygens (including phenoxy) is 1. The molecule has 1 aliphatic rings. The second kappa shape index (κ2) is 4.23. The SMILES string of the molecule is Cc1cn([C@@H]2CC[C@H](CO)O2)c(=O)nc1N. The maximum atomic E-state index is 11.6. The van der Waals surface area contributed by atoms with Crippen molar-refractivity contribution >= 4 is 5.82 Å². The van der Waals surface area contributed by atoms with Gasteiger partial charge in [0.05, 0.1) is 12.7 Å². The Balaban J connectivity index is 2.28. The third kappa shape index (κ3) is 1.94. The molecule has 0 bridgehead atoms. The zero-order valence-corrected chi connectivity index (χ0v) is 9.09. The van der Waals surface area contributed by atoms with Crippen LogP contribution in [0.15, 0.2) is 11.0 Å². The largest absolute Gasteiger partial charge is 0.394 e. The van der Waals surface area contributed by atoms with Crippen LogP contribution < -0.4 is 11.4 Å². The smallest absolute Gasteiger partial charge is 0.351 e. The minimum atomic E-state index is -0.410. The minimum Gasteiger partial charge on any atom is -0.394 e. The molecule has 1 aromatic rings. The summed E-state index contributed by atoms with van der Waals surface area (Å²) < 4.78 is 6.94. The van der Waals surface area contributed by atoms with Crippen LogP contribution in [-0.2, 0) is 4.74 Å². The van der Waals surface area contributed by atoms with E-state index in [-0.39, 0.29) is 24.8 Å². The van der Waals surface area contributed by atoms with E-state index in [1.807, 2.05) is 0 Å². The molecule has 0 radical (unpaired) electrons. The number of nitrogens with zero attached hydrogens (tertiary/aromatic N) is 2. The molecular formula is C10H15N3O3. The van der Waals surface area contributed by atoms with Gasteiger partial charge in [0.15, 0.2) is 0 Å². The van der Waals surface area contributed by atoms with Crippen LogP contribution in [0.25, 0.3) is 0 Å². The van der Waals surface area contributed by atoms with Crippen LogP contribution in [0.1, 0.15) is 24.6 Å². The number of aliphatic hydroxyl groups excluding tert-OH is 1. The Morgan fingerprint density at radius 3 is 3.06 bits per heavy atom. The summed E-state index contributed by atoms with van der Waals surface area (Å²) in [5.41, 5.74) is 5.87. The molecule has 1 aliphatic heterocycles. The highest BCUT2D eigenvalue weighted by Gasteiger charge is 2.26. The van der Waals surface area contributed by atoms with E-state index in [1.165, 1.54) is 4.57 Å². The first kappa shape index (κ1) is 11.1. The van der Waals surface area contributed by atoms with Crippen molar-refractivity contribution in [2.24, 2.45) is 0 Å². The van der Waals surface area contributed by atoms with Gasteiger partial charge in [-0.1, -0.05) is 0 Å². The lowest BCUT2D eigenvalue weighted by Crippen LogP contribution is -2.28. The summed E-state index contributed by atoms with van der Waals surface area (Å²) >= 11 is 0. The highest BCUT2D eigenvalue weighted by molar-refractivity contribution is 5.35. The third-order valence-corrected chi connectivity index (χ3v) is 2.77. The van der Waals surface area contributed by atoms with Crippen LogP contribution in [0.3, 0.4) is 0 Å². The molecule has 1 aromatic heterocycles. The van der Waals surface area contributed by atoms with Crippen molar-refractivity contribution in [3.05, 3.63) is 22.2 Å². The summed E-state index contributed by atoms with van der Waals surface area (Å²) in [5.74, 6) is 0.248. The first-order chi connectivity index (χ1) is 7.61. The van der Waals surface area contributed by atoms with Gasteiger partial charge in [-0.3, -0.25) is 4.57 Å². The number of aromatic nitrogens is 2. The van der Waals surface area contributed by atoms with Crippen molar-refractivity contribution in [2.45, 2.75) is 32.1 Å². The summed E-state index contributed by atoms with van der Waals surface area (Å²) in [7, 11) is 0. The average molecular weight is 225 g/mol. The van der Waals surface area contributed by atoms with Gasteiger partial charge >= 0.3 is 5.69 Å². The lowest BCUT2D eigenvalue weighted by atomic mass is 10.2. The Kier molecular flexibility index (Phi) is 2.93. The van der Waals surface area contributed by atoms with E-state index in [1.54, 1.807) is 13.1 Å². The molecule has 0 amide bonds. The van der Waals surface area contributed by atoms with Crippen LogP contribution in [0, 0.1) is 6.92 Å². The van der Waals surface area contributed by atoms with Crippen molar-refractivity contribution in [2.75, 3.05) is 12.3 Å². The van der Waals surface area contributed by atoms with Gasteiger partial charge in [-0.15, -0.1) is 0 Å². The number of anilines is 1. The van der Waals surface area contributed by atoms with Gasteiger partial charge in [0.1, 0.15) is 12.0 Å². The number of rotatable bonds is 2. The van der Waals surface area contributed by atoms with E-state index >= 15 is 0 Å². The predicted octanol–water partition coefficient (Wildman–Crippen LogP) is -0.196. The fraction of sp³-hybridized carbons (Fsp3) is 0.600. The van der Waals surface area contributed by atoms with Gasteiger partial charge in [0, 0.05) is 11.8 Å². The molecule has 2 atom stereocenters. The van der Waals surface area contributed by atoms with E-state index in [0.29, 0.717) is 6.42 Å². The molecule has 0 spiro atoms. The first-order valence-corrected chi connectivity index (χ1v) is 5.23. The first-order valence-electron chi connectivity index (χ1n) is 5.23. The Morgan fingerprint density at radius 2 is 2.44 bits per heavy atom. The summed E-state index contributed by atoms with van der Waals surface area (Å²) in [4.78, 5) is 15.3. The molecule has 88 valence electrons. The Morgan fingerprint density at radius 1 is 1.69 bits per heavy atom.